The number of allylic oxidation sites excluding steroid dienone is 3. The summed E-state index contributed by atoms with van der Waals surface area (Å²) in [6.07, 6.45) is 2.49. The summed E-state index contributed by atoms with van der Waals surface area (Å²) in [5, 5.41) is 2.06. The molecule has 0 fully saturated rings. The molecule has 140 valence electrons. The SMILES string of the molecule is C=CCC(=C)c1c(OCC2=C(C)OCO2)ccc2cc3c(cc12)OCCO3. The molecule has 0 spiro atoms. The number of benzene rings is 2. The molecule has 2 heterocycles. The molecule has 2 aliphatic rings. The normalized spacial score (nSPS) is 15.3. The Morgan fingerprint density at radius 1 is 1.11 bits per heavy atom. The summed E-state index contributed by atoms with van der Waals surface area (Å²) in [6, 6.07) is 7.97. The third kappa shape index (κ3) is 3.33. The highest BCUT2D eigenvalue weighted by Gasteiger charge is 2.19. The van der Waals surface area contributed by atoms with Crippen LogP contribution in [0.15, 0.2) is 55.0 Å². The van der Waals surface area contributed by atoms with Gasteiger partial charge in [0.1, 0.15) is 31.3 Å². The number of fused-ring (bicyclic) bond motifs is 2. The van der Waals surface area contributed by atoms with E-state index in [4.69, 9.17) is 23.7 Å². The highest BCUT2D eigenvalue weighted by atomic mass is 16.7. The van der Waals surface area contributed by atoms with Crippen molar-refractivity contribution in [3.8, 4) is 17.2 Å². The average Bonchev–Trinajstić information content (AvgIpc) is 3.09. The van der Waals surface area contributed by atoms with E-state index in [0.717, 1.165) is 44.9 Å². The van der Waals surface area contributed by atoms with E-state index in [9.17, 15) is 0 Å². The molecule has 2 aromatic carbocycles. The molecule has 0 radical (unpaired) electrons. The van der Waals surface area contributed by atoms with Crippen LogP contribution in [0, 0.1) is 0 Å². The van der Waals surface area contributed by atoms with E-state index in [1.54, 1.807) is 0 Å². The highest BCUT2D eigenvalue weighted by molar-refractivity contribution is 5.98. The lowest BCUT2D eigenvalue weighted by atomic mass is 9.95. The van der Waals surface area contributed by atoms with Crippen LogP contribution in [-0.4, -0.2) is 26.6 Å². The maximum atomic E-state index is 6.08. The first kappa shape index (κ1) is 17.3. The van der Waals surface area contributed by atoms with E-state index in [0.29, 0.717) is 32.0 Å². The quantitative estimate of drug-likeness (QED) is 0.686. The van der Waals surface area contributed by atoms with Crippen molar-refractivity contribution in [1.29, 1.82) is 0 Å². The van der Waals surface area contributed by atoms with E-state index in [1.165, 1.54) is 0 Å². The largest absolute Gasteiger partial charge is 0.486 e. The molecule has 2 aromatic rings. The van der Waals surface area contributed by atoms with Crippen molar-refractivity contribution >= 4 is 16.3 Å². The van der Waals surface area contributed by atoms with Gasteiger partial charge in [-0.25, -0.2) is 0 Å². The minimum Gasteiger partial charge on any atom is -0.486 e. The Morgan fingerprint density at radius 2 is 1.89 bits per heavy atom. The molecule has 0 aromatic heterocycles. The van der Waals surface area contributed by atoms with Gasteiger partial charge in [0.25, 0.3) is 0 Å². The fraction of sp³-hybridized carbons (Fsp3) is 0.273. The molecule has 0 amide bonds. The molecule has 27 heavy (non-hydrogen) atoms. The topological polar surface area (TPSA) is 46.2 Å². The molecule has 0 saturated carbocycles. The molecule has 0 N–H and O–H groups in total. The fourth-order valence-corrected chi connectivity index (χ4v) is 3.26. The third-order valence-electron chi connectivity index (χ3n) is 4.65. The summed E-state index contributed by atoms with van der Waals surface area (Å²) in [5.74, 6) is 3.70. The van der Waals surface area contributed by atoms with E-state index < -0.39 is 0 Å². The molecule has 0 bridgehead atoms. The van der Waals surface area contributed by atoms with Gasteiger partial charge in [0.15, 0.2) is 17.3 Å². The minimum absolute atomic E-state index is 0.238. The Labute approximate surface area is 158 Å². The Bertz CT molecular complexity index is 941. The van der Waals surface area contributed by atoms with Gasteiger partial charge in [-0.05, 0) is 47.9 Å². The lowest BCUT2D eigenvalue weighted by molar-refractivity contribution is 0.0641. The molecule has 4 rings (SSSR count). The molecule has 5 heteroatoms. The van der Waals surface area contributed by atoms with E-state index in [2.05, 4.69) is 13.2 Å². The van der Waals surface area contributed by atoms with Gasteiger partial charge in [0, 0.05) is 5.56 Å². The van der Waals surface area contributed by atoms with Gasteiger partial charge in [0.05, 0.1) is 0 Å². The summed E-state index contributed by atoms with van der Waals surface area (Å²) in [5.41, 5.74) is 1.87. The lowest BCUT2D eigenvalue weighted by Crippen LogP contribution is -2.15. The highest BCUT2D eigenvalue weighted by Crippen LogP contribution is 2.41. The fourth-order valence-electron chi connectivity index (χ4n) is 3.26. The molecular formula is C22H22O5. The first-order valence-electron chi connectivity index (χ1n) is 8.91. The Morgan fingerprint density at radius 3 is 2.59 bits per heavy atom. The van der Waals surface area contributed by atoms with Crippen LogP contribution in [-0.2, 0) is 9.47 Å². The van der Waals surface area contributed by atoms with Crippen molar-refractivity contribution in [2.75, 3.05) is 26.6 Å². The van der Waals surface area contributed by atoms with Crippen molar-refractivity contribution in [2.45, 2.75) is 13.3 Å². The third-order valence-corrected chi connectivity index (χ3v) is 4.65. The molecule has 0 atom stereocenters. The number of rotatable bonds is 6. The maximum Gasteiger partial charge on any atom is 0.230 e. The van der Waals surface area contributed by atoms with Crippen molar-refractivity contribution in [3.63, 3.8) is 0 Å². The van der Waals surface area contributed by atoms with Crippen LogP contribution in [0.1, 0.15) is 18.9 Å². The van der Waals surface area contributed by atoms with Crippen LogP contribution in [0.2, 0.25) is 0 Å². The predicted octanol–water partition coefficient (Wildman–Crippen LogP) is 4.81. The van der Waals surface area contributed by atoms with Gasteiger partial charge in [-0.3, -0.25) is 0 Å². The van der Waals surface area contributed by atoms with Crippen LogP contribution < -0.4 is 14.2 Å². The number of hydrogen-bond acceptors (Lipinski definition) is 5. The zero-order chi connectivity index (χ0) is 18.8. The predicted molar refractivity (Wildman–Crippen MR) is 104 cm³/mol. The van der Waals surface area contributed by atoms with Gasteiger partial charge >= 0.3 is 0 Å². The second-order valence-corrected chi connectivity index (χ2v) is 6.43. The monoisotopic (exact) mass is 366 g/mol. The Hall–Kier alpha value is -3.08. The van der Waals surface area contributed by atoms with Crippen LogP contribution in [0.25, 0.3) is 16.3 Å². The van der Waals surface area contributed by atoms with Gasteiger partial charge in [-0.1, -0.05) is 18.7 Å². The maximum absolute atomic E-state index is 6.08. The van der Waals surface area contributed by atoms with Crippen molar-refractivity contribution < 1.29 is 23.7 Å². The number of hydrogen-bond donors (Lipinski definition) is 0. The first-order valence-corrected chi connectivity index (χ1v) is 8.91. The standard InChI is InChI=1S/C22H22O5/c1-4-5-14(2)22-17-11-20-19(23-8-9-24-20)10-16(17)6-7-18(22)25-12-21-15(3)26-13-27-21/h4,6-7,10-11H,1-2,5,8-9,12-13H2,3H3. The van der Waals surface area contributed by atoms with Gasteiger partial charge in [0.2, 0.25) is 6.79 Å². The summed E-state index contributed by atoms with van der Waals surface area (Å²) in [7, 11) is 0. The van der Waals surface area contributed by atoms with Gasteiger partial charge < -0.3 is 23.7 Å². The summed E-state index contributed by atoms with van der Waals surface area (Å²) in [4.78, 5) is 0. The molecule has 0 aliphatic carbocycles. The average molecular weight is 366 g/mol. The second kappa shape index (κ2) is 7.27. The number of ether oxygens (including phenoxy) is 5. The molecule has 5 nitrogen and oxygen atoms in total. The first-order chi connectivity index (χ1) is 13.2. The van der Waals surface area contributed by atoms with Crippen LogP contribution in [0.4, 0.5) is 0 Å². The van der Waals surface area contributed by atoms with Crippen molar-refractivity contribution in [2.24, 2.45) is 0 Å². The molecular weight excluding hydrogens is 344 g/mol. The Balaban J connectivity index is 1.77. The Kier molecular flexibility index (Phi) is 4.67. The smallest absolute Gasteiger partial charge is 0.230 e. The summed E-state index contributed by atoms with van der Waals surface area (Å²) in [6.45, 7) is 11.6. The molecule has 0 saturated heterocycles. The van der Waals surface area contributed by atoms with Crippen LogP contribution in [0.5, 0.6) is 17.2 Å². The van der Waals surface area contributed by atoms with E-state index in [-0.39, 0.29) is 6.79 Å². The zero-order valence-electron chi connectivity index (χ0n) is 15.4. The van der Waals surface area contributed by atoms with Crippen LogP contribution >= 0.6 is 0 Å². The minimum atomic E-state index is 0.238. The van der Waals surface area contributed by atoms with Gasteiger partial charge in [-0.2, -0.15) is 0 Å². The molecule has 0 unspecified atom stereocenters. The lowest BCUT2D eigenvalue weighted by Gasteiger charge is -2.21. The molecule has 2 aliphatic heterocycles. The van der Waals surface area contributed by atoms with Crippen LogP contribution in [0.3, 0.4) is 0 Å². The van der Waals surface area contributed by atoms with Gasteiger partial charge in [-0.15, -0.1) is 6.58 Å². The van der Waals surface area contributed by atoms with E-state index >= 15 is 0 Å². The summed E-state index contributed by atoms with van der Waals surface area (Å²) < 4.78 is 28.3. The van der Waals surface area contributed by atoms with Crippen molar-refractivity contribution in [3.05, 3.63) is 60.6 Å². The zero-order valence-corrected chi connectivity index (χ0v) is 15.4. The van der Waals surface area contributed by atoms with Crippen molar-refractivity contribution in [1.82, 2.24) is 0 Å². The van der Waals surface area contributed by atoms with E-state index in [1.807, 2.05) is 37.3 Å². The summed E-state index contributed by atoms with van der Waals surface area (Å²) >= 11 is 0. The second-order valence-electron chi connectivity index (χ2n) is 6.43.